The highest BCUT2D eigenvalue weighted by molar-refractivity contribution is 6.30. The molecular formula is C20H21ClN2O2. The second kappa shape index (κ2) is 8.17. The maximum absolute atomic E-state index is 12.4. The Bertz CT molecular complexity index is 731. The molecule has 0 bridgehead atoms. The Morgan fingerprint density at radius 1 is 1.12 bits per heavy atom. The third kappa shape index (κ3) is 4.83. The lowest BCUT2D eigenvalue weighted by Crippen LogP contribution is -2.29. The number of aryl methyl sites for hydroxylation is 1. The second-order valence-corrected chi connectivity index (χ2v) is 6.76. The van der Waals surface area contributed by atoms with Crippen molar-refractivity contribution in [2.75, 3.05) is 18.4 Å². The van der Waals surface area contributed by atoms with E-state index >= 15 is 0 Å². The van der Waals surface area contributed by atoms with Gasteiger partial charge in [0.2, 0.25) is 11.8 Å². The average molecular weight is 357 g/mol. The maximum atomic E-state index is 12.4. The highest BCUT2D eigenvalue weighted by Crippen LogP contribution is 2.21. The standard InChI is InChI=1S/C20H21ClN2O2/c21-17-8-10-18(11-9-17)22-20(25)16-13-19(24)23(14-16)12-4-7-15-5-2-1-3-6-15/h1-3,5-6,8-11,16H,4,7,12-14H2,(H,22,25). The first-order valence-electron chi connectivity index (χ1n) is 8.50. The van der Waals surface area contributed by atoms with E-state index in [0.717, 1.165) is 12.8 Å². The normalized spacial score (nSPS) is 16.9. The highest BCUT2D eigenvalue weighted by atomic mass is 35.5. The van der Waals surface area contributed by atoms with Gasteiger partial charge in [-0.3, -0.25) is 9.59 Å². The number of carbonyl (C=O) groups excluding carboxylic acids is 2. The fourth-order valence-electron chi connectivity index (χ4n) is 3.06. The van der Waals surface area contributed by atoms with Gasteiger partial charge in [-0.2, -0.15) is 0 Å². The molecule has 25 heavy (non-hydrogen) atoms. The van der Waals surface area contributed by atoms with Crippen molar-refractivity contribution in [1.29, 1.82) is 0 Å². The molecule has 2 aromatic carbocycles. The van der Waals surface area contributed by atoms with E-state index in [1.807, 2.05) is 18.2 Å². The molecule has 1 heterocycles. The van der Waals surface area contributed by atoms with E-state index in [2.05, 4.69) is 17.4 Å². The van der Waals surface area contributed by atoms with Crippen molar-refractivity contribution in [3.05, 3.63) is 65.2 Å². The van der Waals surface area contributed by atoms with Crippen LogP contribution in [0.2, 0.25) is 5.02 Å². The lowest BCUT2D eigenvalue weighted by Gasteiger charge is -2.16. The van der Waals surface area contributed by atoms with Gasteiger partial charge in [0.25, 0.3) is 0 Å². The van der Waals surface area contributed by atoms with Gasteiger partial charge in [0.05, 0.1) is 5.92 Å². The van der Waals surface area contributed by atoms with Crippen LogP contribution in [0.4, 0.5) is 5.69 Å². The minimum Gasteiger partial charge on any atom is -0.342 e. The Morgan fingerprint density at radius 3 is 2.56 bits per heavy atom. The van der Waals surface area contributed by atoms with Crippen LogP contribution in [0.15, 0.2) is 54.6 Å². The molecule has 0 saturated carbocycles. The van der Waals surface area contributed by atoms with Gasteiger partial charge in [-0.1, -0.05) is 41.9 Å². The van der Waals surface area contributed by atoms with Gasteiger partial charge in [-0.15, -0.1) is 0 Å². The minimum absolute atomic E-state index is 0.0596. The first-order valence-corrected chi connectivity index (χ1v) is 8.88. The zero-order valence-corrected chi connectivity index (χ0v) is 14.7. The Labute approximate surface area is 152 Å². The Kier molecular flexibility index (Phi) is 5.71. The van der Waals surface area contributed by atoms with Crippen molar-refractivity contribution >= 4 is 29.1 Å². The topological polar surface area (TPSA) is 49.4 Å². The lowest BCUT2D eigenvalue weighted by molar-refractivity contribution is -0.128. The molecule has 5 heteroatoms. The highest BCUT2D eigenvalue weighted by Gasteiger charge is 2.33. The summed E-state index contributed by atoms with van der Waals surface area (Å²) in [4.78, 5) is 26.3. The lowest BCUT2D eigenvalue weighted by atomic mass is 10.1. The van der Waals surface area contributed by atoms with Crippen LogP contribution < -0.4 is 5.32 Å². The van der Waals surface area contributed by atoms with E-state index in [1.54, 1.807) is 29.2 Å². The molecule has 1 atom stereocenters. The summed E-state index contributed by atoms with van der Waals surface area (Å²) < 4.78 is 0. The zero-order valence-electron chi connectivity index (χ0n) is 14.0. The summed E-state index contributed by atoms with van der Waals surface area (Å²) in [5, 5.41) is 3.48. The smallest absolute Gasteiger partial charge is 0.229 e. The number of hydrogen-bond acceptors (Lipinski definition) is 2. The number of hydrogen-bond donors (Lipinski definition) is 1. The van der Waals surface area contributed by atoms with Gasteiger partial charge in [-0.05, 0) is 42.7 Å². The van der Waals surface area contributed by atoms with Crippen LogP contribution >= 0.6 is 11.6 Å². The SMILES string of the molecule is O=C(Nc1ccc(Cl)cc1)C1CC(=O)N(CCCc2ccccc2)C1. The van der Waals surface area contributed by atoms with Crippen molar-refractivity contribution in [1.82, 2.24) is 4.90 Å². The first-order chi connectivity index (χ1) is 12.1. The molecule has 4 nitrogen and oxygen atoms in total. The van der Waals surface area contributed by atoms with E-state index in [1.165, 1.54) is 5.56 Å². The summed E-state index contributed by atoms with van der Waals surface area (Å²) in [6.45, 7) is 1.19. The first kappa shape index (κ1) is 17.5. The van der Waals surface area contributed by atoms with Crippen LogP contribution in [0.1, 0.15) is 18.4 Å². The van der Waals surface area contributed by atoms with Crippen molar-refractivity contribution < 1.29 is 9.59 Å². The molecule has 3 rings (SSSR count). The van der Waals surface area contributed by atoms with Crippen LogP contribution in [-0.4, -0.2) is 29.8 Å². The molecule has 1 N–H and O–H groups in total. The Hall–Kier alpha value is -2.33. The third-order valence-electron chi connectivity index (χ3n) is 4.43. The molecule has 2 aromatic rings. The summed E-state index contributed by atoms with van der Waals surface area (Å²) >= 11 is 5.84. The summed E-state index contributed by atoms with van der Waals surface area (Å²) in [6, 6.07) is 17.2. The van der Waals surface area contributed by atoms with Crippen molar-refractivity contribution in [2.45, 2.75) is 19.3 Å². The molecule has 1 aliphatic rings. The number of anilines is 1. The molecule has 1 aliphatic heterocycles. The van der Waals surface area contributed by atoms with Crippen molar-refractivity contribution in [3.8, 4) is 0 Å². The third-order valence-corrected chi connectivity index (χ3v) is 4.69. The summed E-state index contributed by atoms with van der Waals surface area (Å²) in [6.07, 6.45) is 2.12. The number of amides is 2. The van der Waals surface area contributed by atoms with Crippen LogP contribution in [0.5, 0.6) is 0 Å². The Balaban J connectivity index is 1.48. The Morgan fingerprint density at radius 2 is 1.84 bits per heavy atom. The van der Waals surface area contributed by atoms with E-state index in [4.69, 9.17) is 11.6 Å². The number of nitrogens with one attached hydrogen (secondary N) is 1. The van der Waals surface area contributed by atoms with Gasteiger partial charge in [0.15, 0.2) is 0 Å². The number of rotatable bonds is 6. The average Bonchev–Trinajstić information content (AvgIpc) is 2.99. The van der Waals surface area contributed by atoms with Crippen LogP contribution in [0.25, 0.3) is 0 Å². The van der Waals surface area contributed by atoms with Crippen LogP contribution in [0.3, 0.4) is 0 Å². The van der Waals surface area contributed by atoms with Crippen molar-refractivity contribution in [3.63, 3.8) is 0 Å². The molecule has 2 amide bonds. The van der Waals surface area contributed by atoms with Gasteiger partial charge in [0, 0.05) is 30.2 Å². The molecular weight excluding hydrogens is 336 g/mol. The predicted molar refractivity (Wildman–Crippen MR) is 99.5 cm³/mol. The molecule has 0 aromatic heterocycles. The fraction of sp³-hybridized carbons (Fsp3) is 0.300. The second-order valence-electron chi connectivity index (χ2n) is 6.33. The van der Waals surface area contributed by atoms with Gasteiger partial charge < -0.3 is 10.2 Å². The summed E-state index contributed by atoms with van der Waals surface area (Å²) in [7, 11) is 0. The van der Waals surface area contributed by atoms with Crippen LogP contribution in [0, 0.1) is 5.92 Å². The minimum atomic E-state index is -0.292. The van der Waals surface area contributed by atoms with Crippen molar-refractivity contribution in [2.24, 2.45) is 5.92 Å². The van der Waals surface area contributed by atoms with Gasteiger partial charge in [0.1, 0.15) is 0 Å². The largest absolute Gasteiger partial charge is 0.342 e. The monoisotopic (exact) mass is 356 g/mol. The van der Waals surface area contributed by atoms with E-state index < -0.39 is 0 Å². The number of halogens is 1. The quantitative estimate of drug-likeness (QED) is 0.856. The molecule has 0 aliphatic carbocycles. The summed E-state index contributed by atoms with van der Waals surface area (Å²) in [5.41, 5.74) is 1.97. The zero-order chi connectivity index (χ0) is 17.6. The fourth-order valence-corrected chi connectivity index (χ4v) is 3.19. The molecule has 1 fully saturated rings. The van der Waals surface area contributed by atoms with E-state index in [-0.39, 0.29) is 24.2 Å². The number of likely N-dealkylation sites (tertiary alicyclic amines) is 1. The number of carbonyl (C=O) groups is 2. The van der Waals surface area contributed by atoms with Crippen LogP contribution in [-0.2, 0) is 16.0 Å². The molecule has 0 radical (unpaired) electrons. The molecule has 0 spiro atoms. The molecule has 1 saturated heterocycles. The summed E-state index contributed by atoms with van der Waals surface area (Å²) in [5.74, 6) is -0.342. The van der Waals surface area contributed by atoms with E-state index in [9.17, 15) is 9.59 Å². The number of benzene rings is 2. The molecule has 1 unspecified atom stereocenters. The predicted octanol–water partition coefficient (Wildman–Crippen LogP) is 3.76. The molecule has 130 valence electrons. The van der Waals surface area contributed by atoms with Gasteiger partial charge >= 0.3 is 0 Å². The number of nitrogens with zero attached hydrogens (tertiary/aromatic N) is 1. The maximum Gasteiger partial charge on any atom is 0.229 e. The van der Waals surface area contributed by atoms with E-state index in [0.29, 0.717) is 23.8 Å². The van der Waals surface area contributed by atoms with Gasteiger partial charge in [-0.25, -0.2) is 0 Å².